The number of benzene rings is 1. The van der Waals surface area contributed by atoms with Gasteiger partial charge in [0.2, 0.25) is 0 Å². The molecule has 1 aromatic carbocycles. The molecule has 1 aromatic heterocycles. The lowest BCUT2D eigenvalue weighted by atomic mass is 10.3. The van der Waals surface area contributed by atoms with Gasteiger partial charge in [0.15, 0.2) is 0 Å². The first-order chi connectivity index (χ1) is 7.33. The van der Waals surface area contributed by atoms with Crippen LogP contribution in [0.15, 0.2) is 18.2 Å². The van der Waals surface area contributed by atoms with Gasteiger partial charge in [-0.1, -0.05) is 0 Å². The lowest BCUT2D eigenvalue weighted by molar-refractivity contribution is 0.129. The second-order valence-corrected chi connectivity index (χ2v) is 3.20. The standard InChI is InChI=1S/C11H14N2O2/c1-3-15-7-11-12-9-5-4-8(14-2)6-10(9)13-11/h4-6H,3,7H2,1-2H3,(H,12,13). The first kappa shape index (κ1) is 9.98. The van der Waals surface area contributed by atoms with Gasteiger partial charge in [0.25, 0.3) is 0 Å². The van der Waals surface area contributed by atoms with Crippen molar-refractivity contribution >= 4 is 11.0 Å². The molecule has 0 saturated heterocycles. The Morgan fingerprint density at radius 2 is 2.27 bits per heavy atom. The SMILES string of the molecule is CCOCc1nc2ccc(OC)cc2[nH]1. The number of ether oxygens (including phenoxy) is 2. The minimum atomic E-state index is 0.521. The Morgan fingerprint density at radius 3 is 3.00 bits per heavy atom. The molecular formula is C11H14N2O2. The summed E-state index contributed by atoms with van der Waals surface area (Å²) in [7, 11) is 1.65. The van der Waals surface area contributed by atoms with Crippen LogP contribution in [-0.2, 0) is 11.3 Å². The summed E-state index contributed by atoms with van der Waals surface area (Å²) in [5.41, 5.74) is 1.91. The molecule has 0 bridgehead atoms. The largest absolute Gasteiger partial charge is 0.497 e. The van der Waals surface area contributed by atoms with Crippen LogP contribution in [0.4, 0.5) is 0 Å². The predicted molar refractivity (Wildman–Crippen MR) is 58.0 cm³/mol. The van der Waals surface area contributed by atoms with E-state index in [0.29, 0.717) is 13.2 Å². The van der Waals surface area contributed by atoms with Gasteiger partial charge in [-0.2, -0.15) is 0 Å². The second-order valence-electron chi connectivity index (χ2n) is 3.20. The van der Waals surface area contributed by atoms with Crippen molar-refractivity contribution in [1.29, 1.82) is 0 Å². The summed E-state index contributed by atoms with van der Waals surface area (Å²) in [5.74, 6) is 1.68. The fourth-order valence-corrected chi connectivity index (χ4v) is 1.44. The van der Waals surface area contributed by atoms with E-state index < -0.39 is 0 Å². The van der Waals surface area contributed by atoms with Crippen LogP contribution in [0.1, 0.15) is 12.7 Å². The van der Waals surface area contributed by atoms with Crippen LogP contribution in [-0.4, -0.2) is 23.7 Å². The molecule has 4 nitrogen and oxygen atoms in total. The van der Waals surface area contributed by atoms with E-state index in [1.165, 1.54) is 0 Å². The van der Waals surface area contributed by atoms with E-state index in [9.17, 15) is 0 Å². The third kappa shape index (κ3) is 2.10. The van der Waals surface area contributed by atoms with Crippen LogP contribution >= 0.6 is 0 Å². The van der Waals surface area contributed by atoms with Gasteiger partial charge >= 0.3 is 0 Å². The molecule has 0 unspecified atom stereocenters. The average Bonchev–Trinajstić information content (AvgIpc) is 2.67. The Bertz CT molecular complexity index is 451. The highest BCUT2D eigenvalue weighted by molar-refractivity contribution is 5.76. The maximum atomic E-state index is 5.28. The number of imidazole rings is 1. The summed E-state index contributed by atoms with van der Waals surface area (Å²) in [5, 5.41) is 0. The quantitative estimate of drug-likeness (QED) is 0.833. The smallest absolute Gasteiger partial charge is 0.133 e. The molecule has 80 valence electrons. The molecule has 0 saturated carbocycles. The Hall–Kier alpha value is -1.55. The van der Waals surface area contributed by atoms with Gasteiger partial charge in [0, 0.05) is 12.7 Å². The van der Waals surface area contributed by atoms with Gasteiger partial charge in [0.1, 0.15) is 18.2 Å². The van der Waals surface area contributed by atoms with Crippen LogP contribution in [0.25, 0.3) is 11.0 Å². The van der Waals surface area contributed by atoms with Crippen molar-refractivity contribution in [2.45, 2.75) is 13.5 Å². The summed E-state index contributed by atoms with van der Waals surface area (Å²) in [6, 6.07) is 5.76. The molecule has 0 fully saturated rings. The molecule has 15 heavy (non-hydrogen) atoms. The van der Waals surface area contributed by atoms with Crippen LogP contribution in [0.3, 0.4) is 0 Å². The molecule has 2 aromatic rings. The van der Waals surface area contributed by atoms with Gasteiger partial charge < -0.3 is 14.5 Å². The van der Waals surface area contributed by atoms with Crippen molar-refractivity contribution in [3.63, 3.8) is 0 Å². The number of nitrogens with zero attached hydrogens (tertiary/aromatic N) is 1. The van der Waals surface area contributed by atoms with Crippen LogP contribution in [0.5, 0.6) is 5.75 Å². The van der Waals surface area contributed by atoms with E-state index >= 15 is 0 Å². The number of H-pyrrole nitrogens is 1. The molecule has 0 radical (unpaired) electrons. The highest BCUT2D eigenvalue weighted by atomic mass is 16.5. The molecule has 1 heterocycles. The maximum Gasteiger partial charge on any atom is 0.133 e. The van der Waals surface area contributed by atoms with Crippen molar-refractivity contribution in [1.82, 2.24) is 9.97 Å². The van der Waals surface area contributed by atoms with Crippen molar-refractivity contribution in [3.05, 3.63) is 24.0 Å². The van der Waals surface area contributed by atoms with Crippen molar-refractivity contribution in [2.24, 2.45) is 0 Å². The summed E-state index contributed by atoms with van der Waals surface area (Å²) in [6.45, 7) is 3.18. The lowest BCUT2D eigenvalue weighted by Crippen LogP contribution is -1.93. The molecule has 0 aliphatic rings. The minimum absolute atomic E-state index is 0.521. The van der Waals surface area contributed by atoms with Crippen LogP contribution in [0, 0.1) is 0 Å². The van der Waals surface area contributed by atoms with E-state index in [1.54, 1.807) is 7.11 Å². The molecule has 0 aliphatic carbocycles. The first-order valence-corrected chi connectivity index (χ1v) is 4.94. The second kappa shape index (κ2) is 4.31. The summed E-state index contributed by atoms with van der Waals surface area (Å²) < 4.78 is 10.4. The van der Waals surface area contributed by atoms with Crippen LogP contribution in [0.2, 0.25) is 0 Å². The molecule has 0 spiro atoms. The number of aromatic nitrogens is 2. The molecule has 2 rings (SSSR count). The number of rotatable bonds is 4. The Morgan fingerprint density at radius 1 is 1.40 bits per heavy atom. The zero-order valence-electron chi connectivity index (χ0n) is 8.91. The monoisotopic (exact) mass is 206 g/mol. The van der Waals surface area contributed by atoms with Crippen molar-refractivity contribution in [3.8, 4) is 5.75 Å². The minimum Gasteiger partial charge on any atom is -0.497 e. The van der Waals surface area contributed by atoms with E-state index in [1.807, 2.05) is 25.1 Å². The number of fused-ring (bicyclic) bond motifs is 1. The third-order valence-corrected chi connectivity index (χ3v) is 2.18. The fraction of sp³-hybridized carbons (Fsp3) is 0.364. The normalized spacial score (nSPS) is 10.8. The molecule has 0 aliphatic heterocycles. The summed E-state index contributed by atoms with van der Waals surface area (Å²) in [4.78, 5) is 7.58. The van der Waals surface area contributed by atoms with Crippen LogP contribution < -0.4 is 4.74 Å². The fourth-order valence-electron chi connectivity index (χ4n) is 1.44. The number of hydrogen-bond acceptors (Lipinski definition) is 3. The Labute approximate surface area is 88.2 Å². The van der Waals surface area contributed by atoms with Gasteiger partial charge in [0.05, 0.1) is 18.1 Å². The van der Waals surface area contributed by atoms with E-state index in [2.05, 4.69) is 9.97 Å². The van der Waals surface area contributed by atoms with Gasteiger partial charge in [-0.25, -0.2) is 4.98 Å². The van der Waals surface area contributed by atoms with E-state index in [0.717, 1.165) is 22.6 Å². The zero-order valence-corrected chi connectivity index (χ0v) is 8.91. The van der Waals surface area contributed by atoms with E-state index in [-0.39, 0.29) is 0 Å². The molecule has 0 amide bonds. The number of aromatic amines is 1. The van der Waals surface area contributed by atoms with E-state index in [4.69, 9.17) is 9.47 Å². The van der Waals surface area contributed by atoms with Crippen molar-refractivity contribution in [2.75, 3.05) is 13.7 Å². The van der Waals surface area contributed by atoms with Crippen molar-refractivity contribution < 1.29 is 9.47 Å². The Kier molecular flexibility index (Phi) is 2.87. The molecule has 4 heteroatoms. The van der Waals surface area contributed by atoms with Gasteiger partial charge in [-0.15, -0.1) is 0 Å². The number of nitrogens with one attached hydrogen (secondary N) is 1. The van der Waals surface area contributed by atoms with Gasteiger partial charge in [-0.3, -0.25) is 0 Å². The highest BCUT2D eigenvalue weighted by Gasteiger charge is 2.03. The van der Waals surface area contributed by atoms with Gasteiger partial charge in [-0.05, 0) is 19.1 Å². The first-order valence-electron chi connectivity index (χ1n) is 4.94. The Balaban J connectivity index is 2.29. The number of methoxy groups -OCH3 is 1. The molecule has 0 atom stereocenters. The average molecular weight is 206 g/mol. The summed E-state index contributed by atoms with van der Waals surface area (Å²) >= 11 is 0. The predicted octanol–water partition coefficient (Wildman–Crippen LogP) is 2.11. The molecular weight excluding hydrogens is 192 g/mol. The highest BCUT2D eigenvalue weighted by Crippen LogP contribution is 2.18. The third-order valence-electron chi connectivity index (χ3n) is 2.18. The molecule has 1 N–H and O–H groups in total. The zero-order chi connectivity index (χ0) is 10.7. The number of hydrogen-bond donors (Lipinski definition) is 1. The maximum absolute atomic E-state index is 5.28. The summed E-state index contributed by atoms with van der Waals surface area (Å²) in [6.07, 6.45) is 0. The lowest BCUT2D eigenvalue weighted by Gasteiger charge is -1.96. The topological polar surface area (TPSA) is 47.1 Å².